The van der Waals surface area contributed by atoms with Crippen LogP contribution in [0.3, 0.4) is 0 Å². The van der Waals surface area contributed by atoms with Gasteiger partial charge in [-0.3, -0.25) is 13.9 Å². The van der Waals surface area contributed by atoms with E-state index in [0.29, 0.717) is 30.4 Å². The summed E-state index contributed by atoms with van der Waals surface area (Å²) in [5, 5.41) is 3.11. The average Bonchev–Trinajstić information content (AvgIpc) is 2.89. The molecule has 1 heterocycles. The van der Waals surface area contributed by atoms with Crippen molar-refractivity contribution < 1.29 is 27.5 Å². The average molecular weight is 544 g/mol. The number of aryl methyl sites for hydroxylation is 1. The molecule has 1 N–H and O–H groups in total. The van der Waals surface area contributed by atoms with Gasteiger partial charge >= 0.3 is 0 Å². The largest absolute Gasteiger partial charge is 0.486 e. The molecule has 0 spiro atoms. The van der Waals surface area contributed by atoms with Crippen LogP contribution in [0.1, 0.15) is 50.2 Å². The number of ether oxygens (including phenoxy) is 2. The lowest BCUT2D eigenvalue weighted by atomic mass is 9.95. The maximum atomic E-state index is 13.8. The molecule has 0 bridgehead atoms. The Kier molecular flexibility index (Phi) is 8.81. The van der Waals surface area contributed by atoms with Crippen molar-refractivity contribution in [3.8, 4) is 11.5 Å². The van der Waals surface area contributed by atoms with Crippen LogP contribution in [0.25, 0.3) is 0 Å². The molecule has 2 amide bonds. The number of rotatable bonds is 9. The Bertz CT molecular complexity index is 1260. The second kappa shape index (κ2) is 12.1. The highest BCUT2D eigenvalue weighted by Gasteiger charge is 2.31. The van der Waals surface area contributed by atoms with Gasteiger partial charge in [-0.1, -0.05) is 49.1 Å². The molecule has 1 aliphatic heterocycles. The lowest BCUT2D eigenvalue weighted by Crippen LogP contribution is -2.53. The zero-order valence-corrected chi connectivity index (χ0v) is 23.1. The van der Waals surface area contributed by atoms with Crippen molar-refractivity contribution in [2.45, 2.75) is 64.6 Å². The third-order valence-corrected chi connectivity index (χ3v) is 8.19. The first-order valence-corrected chi connectivity index (χ1v) is 15.0. The number of benzene rings is 2. The third-order valence-electron chi connectivity index (χ3n) is 7.05. The van der Waals surface area contributed by atoms with Gasteiger partial charge in [-0.2, -0.15) is 0 Å². The Hall–Kier alpha value is -3.27. The number of carbonyl (C=O) groups is 2. The molecule has 9 nitrogen and oxygen atoms in total. The van der Waals surface area contributed by atoms with Gasteiger partial charge in [0.05, 0.1) is 11.9 Å². The summed E-state index contributed by atoms with van der Waals surface area (Å²) in [6, 6.07) is 11.8. The Balaban J connectivity index is 1.59. The molecule has 2 aliphatic rings. The first kappa shape index (κ1) is 27.8. The van der Waals surface area contributed by atoms with Crippen molar-refractivity contribution in [1.82, 2.24) is 10.2 Å². The van der Waals surface area contributed by atoms with E-state index in [9.17, 15) is 18.0 Å². The molecular weight excluding hydrogens is 506 g/mol. The van der Waals surface area contributed by atoms with Crippen LogP contribution in [0.15, 0.2) is 42.5 Å². The van der Waals surface area contributed by atoms with E-state index in [-0.39, 0.29) is 18.5 Å². The number of nitrogens with zero attached hydrogens (tertiary/aromatic N) is 2. The minimum Gasteiger partial charge on any atom is -0.486 e. The van der Waals surface area contributed by atoms with E-state index in [1.54, 1.807) is 25.1 Å². The first-order chi connectivity index (χ1) is 18.1. The molecule has 2 aromatic rings. The zero-order valence-electron chi connectivity index (χ0n) is 22.3. The highest BCUT2D eigenvalue weighted by molar-refractivity contribution is 7.92. The van der Waals surface area contributed by atoms with Gasteiger partial charge in [-0.05, 0) is 44.4 Å². The van der Waals surface area contributed by atoms with E-state index in [0.717, 1.165) is 47.4 Å². The normalized spacial score (nSPS) is 16.4. The molecule has 1 atom stereocenters. The molecule has 2 aromatic carbocycles. The number of sulfonamides is 1. The minimum atomic E-state index is -3.83. The minimum absolute atomic E-state index is 0.0971. The van der Waals surface area contributed by atoms with Crippen LogP contribution >= 0.6 is 0 Å². The SMILES string of the molecule is Cc1cccc(CN(C(=O)CN(c2ccc3c(c2)OCCO3)S(C)(=O)=O)C(C)C(=O)NC2CCCCC2)c1. The van der Waals surface area contributed by atoms with E-state index in [2.05, 4.69) is 5.32 Å². The molecule has 0 radical (unpaired) electrons. The summed E-state index contributed by atoms with van der Waals surface area (Å²) in [5.74, 6) is 0.238. The quantitative estimate of drug-likeness (QED) is 0.520. The van der Waals surface area contributed by atoms with Crippen molar-refractivity contribution in [2.75, 3.05) is 30.3 Å². The second-order valence-electron chi connectivity index (χ2n) is 10.1. The summed E-state index contributed by atoms with van der Waals surface area (Å²) in [5.41, 5.74) is 2.18. The summed E-state index contributed by atoms with van der Waals surface area (Å²) >= 11 is 0. The Morgan fingerprint density at radius 3 is 2.42 bits per heavy atom. The molecule has 0 aromatic heterocycles. The Labute approximate surface area is 225 Å². The topological polar surface area (TPSA) is 105 Å². The molecular formula is C28H37N3O6S. The van der Waals surface area contributed by atoms with Gasteiger partial charge in [0.15, 0.2) is 11.5 Å². The van der Waals surface area contributed by atoms with Crippen LogP contribution in [0.4, 0.5) is 5.69 Å². The highest BCUT2D eigenvalue weighted by atomic mass is 32.2. The van der Waals surface area contributed by atoms with Crippen LogP contribution < -0.4 is 19.1 Å². The van der Waals surface area contributed by atoms with Crippen molar-refractivity contribution in [2.24, 2.45) is 0 Å². The maximum absolute atomic E-state index is 13.8. The van der Waals surface area contributed by atoms with Crippen LogP contribution in [-0.2, 0) is 26.2 Å². The van der Waals surface area contributed by atoms with Gasteiger partial charge in [0, 0.05) is 18.7 Å². The van der Waals surface area contributed by atoms with E-state index in [1.807, 2.05) is 31.2 Å². The predicted octanol–water partition coefficient (Wildman–Crippen LogP) is 3.40. The van der Waals surface area contributed by atoms with Crippen molar-refractivity contribution in [3.63, 3.8) is 0 Å². The lowest BCUT2D eigenvalue weighted by Gasteiger charge is -2.33. The van der Waals surface area contributed by atoms with Gasteiger partial charge in [0.1, 0.15) is 25.8 Å². The van der Waals surface area contributed by atoms with E-state index < -0.39 is 28.5 Å². The smallest absolute Gasteiger partial charge is 0.244 e. The Morgan fingerprint density at radius 2 is 1.74 bits per heavy atom. The van der Waals surface area contributed by atoms with Crippen LogP contribution in [0.5, 0.6) is 11.5 Å². The van der Waals surface area contributed by atoms with Gasteiger partial charge in [-0.25, -0.2) is 8.42 Å². The summed E-state index contributed by atoms with van der Waals surface area (Å²) in [6.45, 7) is 4.15. The monoisotopic (exact) mass is 543 g/mol. The van der Waals surface area contributed by atoms with Gasteiger partial charge in [0.25, 0.3) is 0 Å². The summed E-state index contributed by atoms with van der Waals surface area (Å²) in [6.07, 6.45) is 6.23. The standard InChI is InChI=1S/C28H37N3O6S/c1-20-8-7-9-22(16-20)18-30(21(2)28(33)29-23-10-5-4-6-11-23)27(32)19-31(38(3,34)35)24-12-13-25-26(17-24)37-15-14-36-25/h7-9,12-13,16-17,21,23H,4-6,10-11,14-15,18-19H2,1-3H3,(H,29,33). The van der Waals surface area contributed by atoms with Gasteiger partial charge < -0.3 is 19.7 Å². The van der Waals surface area contributed by atoms with Gasteiger partial charge in [0.2, 0.25) is 21.8 Å². The molecule has 206 valence electrons. The predicted molar refractivity (Wildman–Crippen MR) is 146 cm³/mol. The summed E-state index contributed by atoms with van der Waals surface area (Å²) in [7, 11) is -3.83. The zero-order chi connectivity index (χ0) is 27.3. The van der Waals surface area contributed by atoms with Gasteiger partial charge in [-0.15, -0.1) is 0 Å². The molecule has 1 unspecified atom stereocenters. The second-order valence-corrected chi connectivity index (χ2v) is 12.0. The molecule has 38 heavy (non-hydrogen) atoms. The molecule has 4 rings (SSSR count). The molecule has 1 saturated carbocycles. The number of hydrogen-bond acceptors (Lipinski definition) is 6. The number of hydrogen-bond donors (Lipinski definition) is 1. The number of fused-ring (bicyclic) bond motifs is 1. The molecule has 1 fully saturated rings. The molecule has 0 saturated heterocycles. The number of nitrogens with one attached hydrogen (secondary N) is 1. The molecule has 10 heteroatoms. The Morgan fingerprint density at radius 1 is 1.03 bits per heavy atom. The van der Waals surface area contributed by atoms with E-state index >= 15 is 0 Å². The van der Waals surface area contributed by atoms with E-state index in [1.165, 1.54) is 11.3 Å². The number of amides is 2. The van der Waals surface area contributed by atoms with Crippen LogP contribution in [-0.4, -0.2) is 63.2 Å². The van der Waals surface area contributed by atoms with Crippen molar-refractivity contribution in [1.29, 1.82) is 0 Å². The fraction of sp³-hybridized carbons (Fsp3) is 0.500. The highest BCUT2D eigenvalue weighted by Crippen LogP contribution is 2.34. The number of anilines is 1. The lowest BCUT2D eigenvalue weighted by molar-refractivity contribution is -0.139. The van der Waals surface area contributed by atoms with Crippen LogP contribution in [0.2, 0.25) is 0 Å². The van der Waals surface area contributed by atoms with Crippen LogP contribution in [0, 0.1) is 6.92 Å². The summed E-state index contributed by atoms with van der Waals surface area (Å²) in [4.78, 5) is 28.5. The van der Waals surface area contributed by atoms with E-state index in [4.69, 9.17) is 9.47 Å². The number of carbonyl (C=O) groups excluding carboxylic acids is 2. The summed E-state index contributed by atoms with van der Waals surface area (Å²) < 4.78 is 37.9. The maximum Gasteiger partial charge on any atom is 0.244 e. The first-order valence-electron chi connectivity index (χ1n) is 13.1. The van der Waals surface area contributed by atoms with Crippen molar-refractivity contribution in [3.05, 3.63) is 53.6 Å². The fourth-order valence-electron chi connectivity index (χ4n) is 4.96. The fourth-order valence-corrected chi connectivity index (χ4v) is 5.80. The molecule has 1 aliphatic carbocycles. The third kappa shape index (κ3) is 6.98. The van der Waals surface area contributed by atoms with Crippen molar-refractivity contribution >= 4 is 27.5 Å².